The first kappa shape index (κ1) is 26.5. The highest BCUT2D eigenvalue weighted by molar-refractivity contribution is 7.99. The molecule has 3 rings (SSSR count). The van der Waals surface area contributed by atoms with E-state index >= 15 is 0 Å². The summed E-state index contributed by atoms with van der Waals surface area (Å²) in [5.41, 5.74) is 3.27. The van der Waals surface area contributed by atoms with Gasteiger partial charge in [-0.2, -0.15) is 0 Å². The topological polar surface area (TPSA) is 88.9 Å². The van der Waals surface area contributed by atoms with E-state index in [-0.39, 0.29) is 23.5 Å². The van der Waals surface area contributed by atoms with E-state index in [0.29, 0.717) is 28.1 Å². The van der Waals surface area contributed by atoms with Crippen LogP contribution in [0.25, 0.3) is 0 Å². The Morgan fingerprint density at radius 1 is 1.17 bits per heavy atom. The molecular formula is C26H30ClN5O2S. The number of hydrogen-bond acceptors (Lipinski definition) is 5. The second-order valence-corrected chi connectivity index (χ2v) is 9.92. The number of carbonyl (C=O) groups is 2. The predicted octanol–water partition coefficient (Wildman–Crippen LogP) is 5.59. The number of thioether (sulfide) groups is 1. The molecule has 1 aromatic heterocycles. The Hall–Kier alpha value is -3.10. The smallest absolute Gasteiger partial charge is 0.253 e. The minimum Gasteiger partial charge on any atom is -0.342 e. The lowest BCUT2D eigenvalue weighted by atomic mass is 10.0. The third-order valence-corrected chi connectivity index (χ3v) is 6.70. The Morgan fingerprint density at radius 2 is 1.91 bits per heavy atom. The molecule has 0 radical (unpaired) electrons. The highest BCUT2D eigenvalue weighted by Crippen LogP contribution is 2.27. The molecule has 0 aliphatic carbocycles. The van der Waals surface area contributed by atoms with Crippen LogP contribution < -0.4 is 10.6 Å². The lowest BCUT2D eigenvalue weighted by Crippen LogP contribution is -2.34. The molecule has 0 aliphatic rings. The standard InChI is InChI=1S/C26H30ClN5O2S/c1-6-13-32-24(23(16(2)3)29-25(34)19-9-7-8-10-20(19)27)30-31-26(32)35-15-22(33)28-21-14-17(4)11-12-18(21)5/h6-12,14,16,23H,1,13,15H2,2-5H3,(H,28,33)(H,29,34)/t23-/m0/s1. The lowest BCUT2D eigenvalue weighted by Gasteiger charge is -2.23. The molecule has 7 nitrogen and oxygen atoms in total. The van der Waals surface area contributed by atoms with Crippen molar-refractivity contribution in [1.29, 1.82) is 0 Å². The van der Waals surface area contributed by atoms with Crippen LogP contribution in [0.3, 0.4) is 0 Å². The van der Waals surface area contributed by atoms with Crippen molar-refractivity contribution in [2.45, 2.75) is 45.4 Å². The van der Waals surface area contributed by atoms with Crippen molar-refractivity contribution < 1.29 is 9.59 Å². The molecule has 35 heavy (non-hydrogen) atoms. The molecule has 2 aromatic carbocycles. The molecule has 1 heterocycles. The van der Waals surface area contributed by atoms with Crippen molar-refractivity contribution >= 4 is 40.9 Å². The van der Waals surface area contributed by atoms with E-state index in [1.54, 1.807) is 30.3 Å². The summed E-state index contributed by atoms with van der Waals surface area (Å²) < 4.78 is 1.88. The molecule has 2 amide bonds. The molecule has 3 aromatic rings. The molecule has 9 heteroatoms. The number of hydrogen-bond donors (Lipinski definition) is 2. The van der Waals surface area contributed by atoms with E-state index in [1.807, 2.05) is 50.5 Å². The molecule has 0 bridgehead atoms. The summed E-state index contributed by atoms with van der Waals surface area (Å²) >= 11 is 7.50. The maximum absolute atomic E-state index is 12.9. The van der Waals surface area contributed by atoms with Crippen LogP contribution in [0.1, 0.15) is 47.2 Å². The van der Waals surface area contributed by atoms with Crippen molar-refractivity contribution in [3.05, 3.63) is 82.7 Å². The van der Waals surface area contributed by atoms with Gasteiger partial charge in [0.1, 0.15) is 0 Å². The number of nitrogens with one attached hydrogen (secondary N) is 2. The third-order valence-electron chi connectivity index (χ3n) is 5.41. The minimum absolute atomic E-state index is 0.0275. The number of aromatic nitrogens is 3. The van der Waals surface area contributed by atoms with Crippen molar-refractivity contribution in [1.82, 2.24) is 20.1 Å². The maximum Gasteiger partial charge on any atom is 0.253 e. The molecule has 0 saturated heterocycles. The summed E-state index contributed by atoms with van der Waals surface area (Å²) in [6, 6.07) is 12.4. The number of rotatable bonds is 10. The molecule has 0 fully saturated rings. The summed E-state index contributed by atoms with van der Waals surface area (Å²) in [5, 5.41) is 15.7. The molecule has 2 N–H and O–H groups in total. The lowest BCUT2D eigenvalue weighted by molar-refractivity contribution is -0.113. The van der Waals surface area contributed by atoms with Gasteiger partial charge in [-0.15, -0.1) is 16.8 Å². The molecular weight excluding hydrogens is 482 g/mol. The number of benzene rings is 2. The molecule has 0 aliphatic heterocycles. The number of anilines is 1. The van der Waals surface area contributed by atoms with Gasteiger partial charge in [-0.25, -0.2) is 0 Å². The van der Waals surface area contributed by atoms with Crippen LogP contribution in [-0.4, -0.2) is 32.3 Å². The van der Waals surface area contributed by atoms with Crippen molar-refractivity contribution in [3.63, 3.8) is 0 Å². The largest absolute Gasteiger partial charge is 0.342 e. The normalized spacial score (nSPS) is 11.8. The van der Waals surface area contributed by atoms with Crippen molar-refractivity contribution in [2.24, 2.45) is 5.92 Å². The maximum atomic E-state index is 12.9. The van der Waals surface area contributed by atoms with E-state index in [0.717, 1.165) is 16.8 Å². The van der Waals surface area contributed by atoms with Crippen LogP contribution >= 0.6 is 23.4 Å². The van der Waals surface area contributed by atoms with Gasteiger partial charge in [0, 0.05) is 12.2 Å². The highest BCUT2D eigenvalue weighted by Gasteiger charge is 2.27. The Labute approximate surface area is 215 Å². The summed E-state index contributed by atoms with van der Waals surface area (Å²) in [6.45, 7) is 12.2. The first-order valence-electron chi connectivity index (χ1n) is 11.3. The van der Waals surface area contributed by atoms with Crippen LogP contribution in [0, 0.1) is 19.8 Å². The summed E-state index contributed by atoms with van der Waals surface area (Å²) in [6.07, 6.45) is 1.74. The average Bonchev–Trinajstić information content (AvgIpc) is 3.20. The third kappa shape index (κ3) is 6.74. The zero-order valence-corrected chi connectivity index (χ0v) is 21.9. The van der Waals surface area contributed by atoms with Crippen LogP contribution in [0.4, 0.5) is 5.69 Å². The van der Waals surface area contributed by atoms with Gasteiger partial charge < -0.3 is 15.2 Å². The van der Waals surface area contributed by atoms with E-state index in [1.165, 1.54) is 11.8 Å². The zero-order valence-electron chi connectivity index (χ0n) is 20.3. The van der Waals surface area contributed by atoms with Crippen molar-refractivity contribution in [3.8, 4) is 0 Å². The fourth-order valence-electron chi connectivity index (χ4n) is 3.52. The van der Waals surface area contributed by atoms with Gasteiger partial charge in [0.2, 0.25) is 5.91 Å². The second kappa shape index (κ2) is 12.0. The predicted molar refractivity (Wildman–Crippen MR) is 142 cm³/mol. The van der Waals surface area contributed by atoms with Gasteiger partial charge in [-0.05, 0) is 49.1 Å². The minimum atomic E-state index is -0.413. The first-order valence-corrected chi connectivity index (χ1v) is 12.7. The van der Waals surface area contributed by atoms with Gasteiger partial charge in [0.25, 0.3) is 5.91 Å². The quantitative estimate of drug-likeness (QED) is 0.273. The van der Waals surface area contributed by atoms with E-state index in [9.17, 15) is 9.59 Å². The monoisotopic (exact) mass is 511 g/mol. The van der Waals surface area contributed by atoms with E-state index in [2.05, 4.69) is 27.4 Å². The van der Waals surface area contributed by atoms with Gasteiger partial charge >= 0.3 is 0 Å². The van der Waals surface area contributed by atoms with Gasteiger partial charge in [0.15, 0.2) is 11.0 Å². The van der Waals surface area contributed by atoms with E-state index < -0.39 is 6.04 Å². The fourth-order valence-corrected chi connectivity index (χ4v) is 4.49. The number of aryl methyl sites for hydroxylation is 2. The summed E-state index contributed by atoms with van der Waals surface area (Å²) in [5.74, 6) is 0.369. The Balaban J connectivity index is 1.77. The average molecular weight is 512 g/mol. The molecule has 0 saturated carbocycles. The zero-order chi connectivity index (χ0) is 25.5. The number of carbonyl (C=O) groups excluding carboxylic acids is 2. The summed E-state index contributed by atoms with van der Waals surface area (Å²) in [4.78, 5) is 25.6. The molecule has 1 atom stereocenters. The molecule has 184 valence electrons. The second-order valence-electron chi connectivity index (χ2n) is 8.57. The van der Waals surface area contributed by atoms with Crippen LogP contribution in [0.2, 0.25) is 5.02 Å². The number of halogens is 1. The van der Waals surface area contributed by atoms with E-state index in [4.69, 9.17) is 11.6 Å². The number of allylic oxidation sites excluding steroid dienone is 1. The SMILES string of the molecule is C=CCn1c(SCC(=O)Nc2cc(C)ccc2C)nnc1[C@@H](NC(=O)c1ccccc1Cl)C(C)C. The molecule has 0 unspecified atom stereocenters. The molecule has 0 spiro atoms. The Kier molecular flexibility index (Phi) is 9.12. The van der Waals surface area contributed by atoms with Crippen LogP contribution in [0.5, 0.6) is 0 Å². The van der Waals surface area contributed by atoms with Gasteiger partial charge in [-0.3, -0.25) is 9.59 Å². The number of amides is 2. The van der Waals surface area contributed by atoms with Gasteiger partial charge in [0.05, 0.1) is 22.4 Å². The van der Waals surface area contributed by atoms with Crippen molar-refractivity contribution in [2.75, 3.05) is 11.1 Å². The Morgan fingerprint density at radius 3 is 2.60 bits per heavy atom. The fraction of sp³-hybridized carbons (Fsp3) is 0.308. The van der Waals surface area contributed by atoms with Gasteiger partial charge in [-0.1, -0.05) is 67.6 Å². The number of nitrogens with zero attached hydrogens (tertiary/aromatic N) is 3. The van der Waals surface area contributed by atoms with Crippen LogP contribution in [0.15, 0.2) is 60.3 Å². The van der Waals surface area contributed by atoms with Crippen LogP contribution in [-0.2, 0) is 11.3 Å². The first-order chi connectivity index (χ1) is 16.7. The Bertz CT molecular complexity index is 1220. The highest BCUT2D eigenvalue weighted by atomic mass is 35.5. The summed E-state index contributed by atoms with van der Waals surface area (Å²) in [7, 11) is 0.